The highest BCUT2D eigenvalue weighted by molar-refractivity contribution is 7.88. The quantitative estimate of drug-likeness (QED) is 0.835. The lowest BCUT2D eigenvalue weighted by atomic mass is 9.75. The first-order valence-electron chi connectivity index (χ1n) is 7.85. The van der Waals surface area contributed by atoms with Gasteiger partial charge in [-0.05, 0) is 24.5 Å². The molecule has 130 valence electrons. The molecule has 1 atom stereocenters. The predicted molar refractivity (Wildman–Crippen MR) is 90.2 cm³/mol. The van der Waals surface area contributed by atoms with Gasteiger partial charge in [0, 0.05) is 25.8 Å². The third kappa shape index (κ3) is 2.80. The van der Waals surface area contributed by atoms with Crippen molar-refractivity contribution < 1.29 is 18.0 Å². The van der Waals surface area contributed by atoms with Crippen molar-refractivity contribution in [3.8, 4) is 0 Å². The molecule has 2 aliphatic rings. The molecular formula is C16H21N3O4S. The fraction of sp³-hybridized carbons (Fsp3) is 0.500. The number of rotatable bonds is 3. The maximum atomic E-state index is 12.9. The lowest BCUT2D eigenvalue weighted by Crippen LogP contribution is -2.54. The number of nitrogens with zero attached hydrogens (tertiary/aromatic N) is 2. The molecule has 1 unspecified atom stereocenters. The number of piperidine rings is 1. The molecule has 1 fully saturated rings. The van der Waals surface area contributed by atoms with Crippen molar-refractivity contribution in [3.63, 3.8) is 0 Å². The van der Waals surface area contributed by atoms with E-state index in [9.17, 15) is 18.0 Å². The van der Waals surface area contributed by atoms with Crippen molar-refractivity contribution in [2.24, 2.45) is 0 Å². The largest absolute Gasteiger partial charge is 0.340 e. The lowest BCUT2D eigenvalue weighted by molar-refractivity contribution is -0.134. The molecule has 0 saturated carbocycles. The number of carbonyl (C=O) groups excluding carboxylic acids is 2. The number of amides is 2. The van der Waals surface area contributed by atoms with Crippen LogP contribution in [0.1, 0.15) is 18.4 Å². The average molecular weight is 351 g/mol. The number of anilines is 1. The summed E-state index contributed by atoms with van der Waals surface area (Å²) in [4.78, 5) is 28.5. The molecule has 1 aromatic carbocycles. The van der Waals surface area contributed by atoms with E-state index in [0.29, 0.717) is 19.4 Å². The summed E-state index contributed by atoms with van der Waals surface area (Å²) in [6, 6.07) is 7.65. The van der Waals surface area contributed by atoms with E-state index in [4.69, 9.17) is 0 Å². The van der Waals surface area contributed by atoms with Gasteiger partial charge in [-0.3, -0.25) is 9.59 Å². The normalized spacial score (nSPS) is 23.7. The molecule has 1 N–H and O–H groups in total. The number of likely N-dealkylation sites (N-methyl/N-ethyl adjacent to an activating group) is 1. The van der Waals surface area contributed by atoms with Gasteiger partial charge in [0.2, 0.25) is 21.8 Å². The Balaban J connectivity index is 1.85. The number of sulfonamides is 1. The van der Waals surface area contributed by atoms with Crippen LogP contribution in [0.3, 0.4) is 0 Å². The zero-order chi connectivity index (χ0) is 17.5. The van der Waals surface area contributed by atoms with E-state index in [1.165, 1.54) is 0 Å². The minimum absolute atomic E-state index is 0.00253. The predicted octanol–water partition coefficient (Wildman–Crippen LogP) is 0.0724. The average Bonchev–Trinajstić information content (AvgIpc) is 2.75. The lowest BCUT2D eigenvalue weighted by Gasteiger charge is -2.39. The molecule has 7 nitrogen and oxygen atoms in total. The topological polar surface area (TPSA) is 86.8 Å². The van der Waals surface area contributed by atoms with E-state index >= 15 is 0 Å². The minimum Gasteiger partial charge on any atom is -0.340 e. The summed E-state index contributed by atoms with van der Waals surface area (Å²) in [5.41, 5.74) is 1.11. The molecule has 8 heteroatoms. The Kier molecular flexibility index (Phi) is 4.13. The van der Waals surface area contributed by atoms with E-state index in [-0.39, 0.29) is 24.9 Å². The van der Waals surface area contributed by atoms with Crippen LogP contribution in [-0.4, -0.2) is 58.1 Å². The number of benzene rings is 1. The van der Waals surface area contributed by atoms with Crippen LogP contribution in [0, 0.1) is 0 Å². The van der Waals surface area contributed by atoms with Gasteiger partial charge in [-0.1, -0.05) is 18.2 Å². The second-order valence-electron chi connectivity index (χ2n) is 6.48. The molecule has 2 amide bonds. The maximum absolute atomic E-state index is 12.9. The molecular weight excluding hydrogens is 330 g/mol. The Morgan fingerprint density at radius 3 is 2.75 bits per heavy atom. The van der Waals surface area contributed by atoms with E-state index in [1.54, 1.807) is 16.8 Å². The zero-order valence-corrected chi connectivity index (χ0v) is 14.6. The molecule has 3 rings (SSSR count). The highest BCUT2D eigenvalue weighted by Crippen LogP contribution is 2.46. The van der Waals surface area contributed by atoms with Crippen LogP contribution in [0.15, 0.2) is 24.3 Å². The zero-order valence-electron chi connectivity index (χ0n) is 13.8. The van der Waals surface area contributed by atoms with Crippen LogP contribution >= 0.6 is 0 Å². The number of hydrogen-bond acceptors (Lipinski definition) is 4. The van der Waals surface area contributed by atoms with E-state index in [1.807, 2.05) is 24.3 Å². The molecule has 0 bridgehead atoms. The monoisotopic (exact) mass is 351 g/mol. The van der Waals surface area contributed by atoms with Crippen LogP contribution in [0.4, 0.5) is 5.69 Å². The van der Waals surface area contributed by atoms with E-state index < -0.39 is 15.4 Å². The van der Waals surface area contributed by atoms with Crippen molar-refractivity contribution in [1.82, 2.24) is 9.62 Å². The SMILES string of the molecule is CN1C(=O)C2(CCCN(C(=O)CNS(C)(=O)=O)C2)c2ccccc21. The highest BCUT2D eigenvalue weighted by atomic mass is 32.2. The summed E-state index contributed by atoms with van der Waals surface area (Å²) in [6.07, 6.45) is 2.42. The van der Waals surface area contributed by atoms with Crippen LogP contribution in [-0.2, 0) is 25.0 Å². The summed E-state index contributed by atoms with van der Waals surface area (Å²) >= 11 is 0. The van der Waals surface area contributed by atoms with Crippen LogP contribution in [0.2, 0.25) is 0 Å². The number of fused-ring (bicyclic) bond motifs is 2. The number of carbonyl (C=O) groups is 2. The standard InChI is InChI=1S/C16H21N3O4S/c1-18-13-7-4-3-6-12(13)16(15(18)21)8-5-9-19(11-16)14(20)10-17-24(2,22)23/h3-4,6-7,17H,5,8-11H2,1-2H3. The van der Waals surface area contributed by atoms with Gasteiger partial charge >= 0.3 is 0 Å². The fourth-order valence-electron chi connectivity index (χ4n) is 3.68. The smallest absolute Gasteiger partial charge is 0.239 e. The van der Waals surface area contributed by atoms with Gasteiger partial charge in [0.05, 0.1) is 18.2 Å². The molecule has 2 aliphatic heterocycles. The molecule has 24 heavy (non-hydrogen) atoms. The van der Waals surface area contributed by atoms with Crippen molar-refractivity contribution >= 4 is 27.5 Å². The maximum Gasteiger partial charge on any atom is 0.239 e. The van der Waals surface area contributed by atoms with Crippen molar-refractivity contribution in [3.05, 3.63) is 29.8 Å². The second kappa shape index (κ2) is 5.86. The fourth-order valence-corrected chi connectivity index (χ4v) is 4.07. The van der Waals surface area contributed by atoms with Crippen LogP contribution in [0.25, 0.3) is 0 Å². The molecule has 1 spiro atoms. The molecule has 1 saturated heterocycles. The first-order chi connectivity index (χ1) is 11.2. The number of para-hydroxylation sites is 1. The van der Waals surface area contributed by atoms with Crippen molar-refractivity contribution in [1.29, 1.82) is 0 Å². The first kappa shape index (κ1) is 16.9. The van der Waals surface area contributed by atoms with Crippen LogP contribution in [0.5, 0.6) is 0 Å². The molecule has 0 aromatic heterocycles. The third-order valence-electron chi connectivity index (χ3n) is 4.83. The van der Waals surface area contributed by atoms with Gasteiger partial charge in [0.15, 0.2) is 0 Å². The van der Waals surface area contributed by atoms with Gasteiger partial charge in [0.1, 0.15) is 0 Å². The number of likely N-dealkylation sites (tertiary alicyclic amines) is 1. The number of nitrogens with one attached hydrogen (secondary N) is 1. The molecule has 1 aromatic rings. The Morgan fingerprint density at radius 1 is 1.33 bits per heavy atom. The summed E-state index contributed by atoms with van der Waals surface area (Å²) in [5, 5.41) is 0. The second-order valence-corrected chi connectivity index (χ2v) is 8.31. The van der Waals surface area contributed by atoms with Crippen molar-refractivity contribution in [2.75, 3.05) is 37.8 Å². The Bertz CT molecular complexity index is 792. The van der Waals surface area contributed by atoms with Gasteiger partial charge in [-0.15, -0.1) is 0 Å². The Hall–Kier alpha value is -1.93. The Labute approximate surface area is 141 Å². The van der Waals surface area contributed by atoms with Crippen molar-refractivity contribution in [2.45, 2.75) is 18.3 Å². The summed E-state index contributed by atoms with van der Waals surface area (Å²) in [5.74, 6) is -0.309. The van der Waals surface area contributed by atoms with Gasteiger partial charge in [-0.25, -0.2) is 13.1 Å². The van der Waals surface area contributed by atoms with Gasteiger partial charge in [-0.2, -0.15) is 0 Å². The Morgan fingerprint density at radius 2 is 2.04 bits per heavy atom. The summed E-state index contributed by atoms with van der Waals surface area (Å²) < 4.78 is 24.6. The van der Waals surface area contributed by atoms with E-state index in [2.05, 4.69) is 4.72 Å². The highest BCUT2D eigenvalue weighted by Gasteiger charge is 2.52. The molecule has 2 heterocycles. The first-order valence-corrected chi connectivity index (χ1v) is 9.74. The summed E-state index contributed by atoms with van der Waals surface area (Å²) in [6.45, 7) is 0.545. The van der Waals surface area contributed by atoms with Crippen LogP contribution < -0.4 is 9.62 Å². The van der Waals surface area contributed by atoms with Gasteiger partial charge < -0.3 is 9.80 Å². The van der Waals surface area contributed by atoms with Gasteiger partial charge in [0.25, 0.3) is 0 Å². The number of hydrogen-bond donors (Lipinski definition) is 1. The third-order valence-corrected chi connectivity index (χ3v) is 5.49. The van der Waals surface area contributed by atoms with E-state index in [0.717, 1.165) is 17.5 Å². The molecule has 0 radical (unpaired) electrons. The summed E-state index contributed by atoms with van der Waals surface area (Å²) in [7, 11) is -1.67. The minimum atomic E-state index is -3.43. The molecule has 0 aliphatic carbocycles.